The molecule has 0 saturated heterocycles. The van der Waals surface area contributed by atoms with Gasteiger partial charge in [0.25, 0.3) is 0 Å². The number of aliphatic imine (C=N–C) groups is 1. The molecule has 0 heterocycles. The van der Waals surface area contributed by atoms with E-state index in [0.29, 0.717) is 0 Å². The zero-order valence-electron chi connectivity index (χ0n) is 35.5. The molecule has 1 N–H and O–H groups in total. The molecule has 0 aliphatic rings. The largest absolute Gasteiger partial charge is 0.355 e. The first-order valence-electron chi connectivity index (χ1n) is 19.3. The predicted molar refractivity (Wildman–Crippen MR) is 257 cm³/mol. The van der Waals surface area contributed by atoms with Gasteiger partial charge in [0.05, 0.1) is 5.70 Å². The highest BCUT2D eigenvalue weighted by Gasteiger charge is 2.12. The minimum atomic E-state index is 0.807. The second kappa shape index (κ2) is 27.4. The normalized spacial score (nSPS) is 13.4. The summed E-state index contributed by atoms with van der Waals surface area (Å²) in [6, 6.07) is 27.3. The van der Waals surface area contributed by atoms with E-state index in [0.717, 1.165) is 56.2 Å². The van der Waals surface area contributed by atoms with Gasteiger partial charge in [-0.2, -0.15) is 0 Å². The first-order valence-corrected chi connectivity index (χ1v) is 19.3. The molecule has 290 valence electrons. The summed E-state index contributed by atoms with van der Waals surface area (Å²) in [5, 5.41) is 3.69. The number of rotatable bonds is 16. The summed E-state index contributed by atoms with van der Waals surface area (Å²) in [7, 11) is 0. The third-order valence-electron chi connectivity index (χ3n) is 8.46. The quantitative estimate of drug-likeness (QED) is 0.0883. The van der Waals surface area contributed by atoms with Gasteiger partial charge in [0.15, 0.2) is 0 Å². The minimum Gasteiger partial charge on any atom is -0.355 e. The Morgan fingerprint density at radius 1 is 0.661 bits per heavy atom. The molecule has 0 aromatic heterocycles. The molecule has 3 aromatic carbocycles. The van der Waals surface area contributed by atoms with Crippen molar-refractivity contribution in [2.45, 2.75) is 62.3 Å². The van der Waals surface area contributed by atoms with Crippen LogP contribution in [0.2, 0.25) is 0 Å². The summed E-state index contributed by atoms with van der Waals surface area (Å²) in [5.41, 5.74) is 14.5. The van der Waals surface area contributed by atoms with Crippen LogP contribution in [-0.4, -0.2) is 5.71 Å². The fourth-order valence-electron chi connectivity index (χ4n) is 5.76. The Labute approximate surface area is 340 Å². The van der Waals surface area contributed by atoms with Crippen LogP contribution in [-0.2, 0) is 0 Å². The summed E-state index contributed by atoms with van der Waals surface area (Å²) < 4.78 is 0. The molecular weight excluding hydrogens is 677 g/mol. The van der Waals surface area contributed by atoms with Crippen molar-refractivity contribution in [2.75, 3.05) is 5.32 Å². The lowest BCUT2D eigenvalue weighted by Crippen LogP contribution is -2.03. The van der Waals surface area contributed by atoms with E-state index >= 15 is 0 Å². The topological polar surface area (TPSA) is 24.4 Å². The zero-order chi connectivity index (χ0) is 41.9. The average molecular weight is 741 g/mol. The fourth-order valence-corrected chi connectivity index (χ4v) is 5.76. The van der Waals surface area contributed by atoms with Crippen LogP contribution >= 0.6 is 0 Å². The van der Waals surface area contributed by atoms with E-state index in [1.165, 1.54) is 22.3 Å². The number of benzene rings is 3. The van der Waals surface area contributed by atoms with Crippen LogP contribution in [0.5, 0.6) is 0 Å². The number of anilines is 1. The standard InChI is InChI=1S/C50H54N2.C2H6.C2H4/c1-11-17-19-26-38(8)50(37(7)15-5)44-33-31-43(32-34-44)47(16-6)48(25-14-4)52-46-30-22-29-45(36-46)49(35-39(9)41-27-20-18-21-28-41)51-40(10)42(23-12-2)24-13-3;2*1-2/h11-36,52H,2,4,9H2,1,3,5-8,10H3;1-2H3;1-2H2/b17-11-,24-13-,26-19-,37-15?,42-23+,47-16-,48-25+,49-35-,50-38-,51-40+;;. The van der Waals surface area contributed by atoms with Gasteiger partial charge < -0.3 is 5.32 Å². The van der Waals surface area contributed by atoms with Crippen LogP contribution in [0.3, 0.4) is 0 Å². The highest BCUT2D eigenvalue weighted by Crippen LogP contribution is 2.32. The Hall–Kier alpha value is -6.25. The number of allylic oxidation sites excluding steroid dienone is 19. The molecule has 0 fully saturated rings. The van der Waals surface area contributed by atoms with E-state index < -0.39 is 0 Å². The van der Waals surface area contributed by atoms with Crippen molar-refractivity contribution >= 4 is 33.8 Å². The molecule has 0 unspecified atom stereocenters. The third kappa shape index (κ3) is 14.9. The Kier molecular flexibility index (Phi) is 23.3. The van der Waals surface area contributed by atoms with Crippen LogP contribution < -0.4 is 5.32 Å². The van der Waals surface area contributed by atoms with Crippen molar-refractivity contribution in [3.63, 3.8) is 0 Å². The lowest BCUT2D eigenvalue weighted by molar-refractivity contribution is 1.39. The molecule has 0 bridgehead atoms. The molecule has 0 radical (unpaired) electrons. The van der Waals surface area contributed by atoms with Gasteiger partial charge in [0.1, 0.15) is 0 Å². The molecule has 0 aliphatic heterocycles. The molecule has 56 heavy (non-hydrogen) atoms. The molecule has 2 nitrogen and oxygen atoms in total. The summed E-state index contributed by atoms with van der Waals surface area (Å²) in [4.78, 5) is 5.14. The van der Waals surface area contributed by atoms with E-state index in [1.54, 1.807) is 6.08 Å². The average Bonchev–Trinajstić information content (AvgIpc) is 3.23. The molecule has 0 saturated carbocycles. The molecule has 0 aliphatic carbocycles. The Balaban J connectivity index is 0.00000379. The maximum atomic E-state index is 5.14. The van der Waals surface area contributed by atoms with E-state index in [-0.39, 0.29) is 0 Å². The molecule has 0 spiro atoms. The predicted octanol–water partition coefficient (Wildman–Crippen LogP) is 16.2. The van der Waals surface area contributed by atoms with Crippen molar-refractivity contribution in [1.29, 1.82) is 0 Å². The van der Waals surface area contributed by atoms with Crippen LogP contribution in [0.4, 0.5) is 5.69 Å². The molecule has 0 amide bonds. The number of nitrogens with one attached hydrogen (secondary N) is 1. The van der Waals surface area contributed by atoms with Crippen molar-refractivity contribution in [3.8, 4) is 0 Å². The molecule has 3 rings (SSSR count). The van der Waals surface area contributed by atoms with Gasteiger partial charge in [-0.15, -0.1) is 13.2 Å². The summed E-state index contributed by atoms with van der Waals surface area (Å²) in [5.74, 6) is 0. The number of hydrogen-bond acceptors (Lipinski definition) is 2. The monoisotopic (exact) mass is 741 g/mol. The number of nitrogens with zero attached hydrogens (tertiary/aromatic N) is 1. The van der Waals surface area contributed by atoms with Crippen LogP contribution in [0.25, 0.3) is 22.4 Å². The van der Waals surface area contributed by atoms with Gasteiger partial charge in [0.2, 0.25) is 0 Å². The lowest BCUT2D eigenvalue weighted by atomic mass is 9.91. The van der Waals surface area contributed by atoms with Gasteiger partial charge in [0, 0.05) is 28.2 Å². The van der Waals surface area contributed by atoms with Gasteiger partial charge in [-0.1, -0.05) is 167 Å². The van der Waals surface area contributed by atoms with E-state index in [9.17, 15) is 0 Å². The Morgan fingerprint density at radius 3 is 1.86 bits per heavy atom. The minimum absolute atomic E-state index is 0.807. The smallest absolute Gasteiger partial charge is 0.0712 e. The van der Waals surface area contributed by atoms with E-state index in [1.807, 2.05) is 95.3 Å². The van der Waals surface area contributed by atoms with E-state index in [4.69, 9.17) is 4.99 Å². The first kappa shape index (κ1) is 47.8. The van der Waals surface area contributed by atoms with Gasteiger partial charge in [-0.3, -0.25) is 4.99 Å². The number of hydrogen-bond donors (Lipinski definition) is 1. The molecule has 0 atom stereocenters. The SMILES string of the molecule is C=C.C=C/C=C(Nc1cccc(C(=C/C(=C)c2ccccc2)/N=C(C)/C(/C=C\C)=C/C=C)c1)\C(=C/C)c1ccc(\C(C(C)=CC)=C(C)/C=C\C=C/C)cc1.CC. The van der Waals surface area contributed by atoms with Gasteiger partial charge >= 0.3 is 0 Å². The summed E-state index contributed by atoms with van der Waals surface area (Å²) in [6.07, 6.45) is 26.3. The molecule has 2 heteroatoms. The maximum Gasteiger partial charge on any atom is 0.0712 e. The Morgan fingerprint density at radius 2 is 1.29 bits per heavy atom. The lowest BCUT2D eigenvalue weighted by Gasteiger charge is -2.17. The van der Waals surface area contributed by atoms with Crippen LogP contribution in [0.1, 0.15) is 84.6 Å². The second-order valence-corrected chi connectivity index (χ2v) is 12.2. The molecule has 3 aromatic rings. The highest BCUT2D eigenvalue weighted by molar-refractivity contribution is 6.04. The van der Waals surface area contributed by atoms with Crippen LogP contribution in [0.15, 0.2) is 218 Å². The summed E-state index contributed by atoms with van der Waals surface area (Å²) in [6.45, 7) is 36.9. The van der Waals surface area contributed by atoms with Crippen LogP contribution in [0, 0.1) is 0 Å². The van der Waals surface area contributed by atoms with Crippen molar-refractivity contribution < 1.29 is 0 Å². The van der Waals surface area contributed by atoms with Crippen molar-refractivity contribution in [3.05, 3.63) is 235 Å². The highest BCUT2D eigenvalue weighted by atomic mass is 14.9. The summed E-state index contributed by atoms with van der Waals surface area (Å²) >= 11 is 0. The fraction of sp³-hybridized carbons (Fsp3) is 0.167. The van der Waals surface area contributed by atoms with Gasteiger partial charge in [-0.25, -0.2) is 0 Å². The van der Waals surface area contributed by atoms with Crippen molar-refractivity contribution in [1.82, 2.24) is 0 Å². The van der Waals surface area contributed by atoms with E-state index in [2.05, 4.69) is 157 Å². The maximum absolute atomic E-state index is 5.14. The third-order valence-corrected chi connectivity index (χ3v) is 8.46. The first-order chi connectivity index (χ1) is 27.2. The molecular formula is C54H64N2. The zero-order valence-corrected chi connectivity index (χ0v) is 35.5. The Bertz CT molecular complexity index is 2040. The van der Waals surface area contributed by atoms with Crippen molar-refractivity contribution in [2.24, 2.45) is 4.99 Å². The second-order valence-electron chi connectivity index (χ2n) is 12.2. The van der Waals surface area contributed by atoms with Gasteiger partial charge in [-0.05, 0) is 117 Å².